The molecule has 0 radical (unpaired) electrons. The maximum atomic E-state index is 11.4. The van der Waals surface area contributed by atoms with Crippen molar-refractivity contribution in [2.24, 2.45) is 0 Å². The van der Waals surface area contributed by atoms with Gasteiger partial charge in [0.25, 0.3) is 5.91 Å². The van der Waals surface area contributed by atoms with E-state index in [1.807, 2.05) is 0 Å². The molecule has 0 unspecified atom stereocenters. The maximum absolute atomic E-state index is 11.4. The number of hydrogen-bond acceptors (Lipinski definition) is 4. The zero-order valence-electron chi connectivity index (χ0n) is 9.83. The molecule has 3 N–H and O–H groups in total. The van der Waals surface area contributed by atoms with E-state index in [0.29, 0.717) is 33.5 Å². The largest absolute Gasteiger partial charge is 0.481 e. The highest BCUT2D eigenvalue weighted by atomic mass is 79.9. The van der Waals surface area contributed by atoms with E-state index in [0.717, 1.165) is 0 Å². The minimum absolute atomic E-state index is 0.0647. The minimum atomic E-state index is -0.206. The molecule has 0 heterocycles. The molecule has 0 aromatic heterocycles. The number of amides is 1. The summed E-state index contributed by atoms with van der Waals surface area (Å²) in [7, 11) is 1.57. The van der Waals surface area contributed by atoms with Gasteiger partial charge in [0.1, 0.15) is 5.75 Å². The van der Waals surface area contributed by atoms with Crippen LogP contribution >= 0.6 is 31.9 Å². The fraction of sp³-hybridized carbons (Fsp3) is 0.364. The number of carbonyl (C=O) groups excluding carboxylic acids is 1. The van der Waals surface area contributed by atoms with Gasteiger partial charge in [-0.1, -0.05) is 0 Å². The fourth-order valence-corrected chi connectivity index (χ4v) is 2.65. The van der Waals surface area contributed by atoms with Gasteiger partial charge < -0.3 is 20.5 Å². The van der Waals surface area contributed by atoms with Gasteiger partial charge in [0.15, 0.2) is 6.61 Å². The van der Waals surface area contributed by atoms with Crippen LogP contribution in [0.3, 0.4) is 0 Å². The first kappa shape index (κ1) is 15.3. The number of hydrogen-bond donors (Lipinski definition) is 2. The van der Waals surface area contributed by atoms with Crippen molar-refractivity contribution in [3.05, 3.63) is 21.1 Å². The molecule has 5 nitrogen and oxygen atoms in total. The lowest BCUT2D eigenvalue weighted by Gasteiger charge is -2.11. The van der Waals surface area contributed by atoms with Gasteiger partial charge in [0.05, 0.1) is 15.6 Å². The van der Waals surface area contributed by atoms with E-state index in [2.05, 4.69) is 37.2 Å². The van der Waals surface area contributed by atoms with Crippen molar-refractivity contribution >= 4 is 43.5 Å². The number of halogens is 2. The molecule has 1 aromatic rings. The molecule has 0 aliphatic rings. The van der Waals surface area contributed by atoms with Crippen molar-refractivity contribution in [2.75, 3.05) is 32.6 Å². The predicted molar refractivity (Wildman–Crippen MR) is 76.6 cm³/mol. The summed E-state index contributed by atoms with van der Waals surface area (Å²) in [4.78, 5) is 11.4. The zero-order chi connectivity index (χ0) is 13.5. The van der Waals surface area contributed by atoms with E-state index in [9.17, 15) is 4.79 Å². The minimum Gasteiger partial charge on any atom is -0.481 e. The number of benzene rings is 1. The Balaban J connectivity index is 2.51. The van der Waals surface area contributed by atoms with Crippen molar-refractivity contribution in [1.82, 2.24) is 5.32 Å². The Morgan fingerprint density at radius 2 is 2.00 bits per heavy atom. The van der Waals surface area contributed by atoms with E-state index >= 15 is 0 Å². The summed E-state index contributed by atoms with van der Waals surface area (Å²) >= 11 is 6.65. The van der Waals surface area contributed by atoms with Crippen molar-refractivity contribution in [1.29, 1.82) is 0 Å². The van der Waals surface area contributed by atoms with Gasteiger partial charge in [-0.3, -0.25) is 4.79 Å². The molecular formula is C11H14Br2N2O3. The second-order valence-electron chi connectivity index (χ2n) is 3.45. The molecule has 0 saturated carbocycles. The number of nitrogens with two attached hydrogens (primary N) is 1. The molecule has 100 valence electrons. The number of methoxy groups -OCH3 is 1. The number of nitrogens with one attached hydrogen (secondary N) is 1. The Morgan fingerprint density at radius 3 is 2.56 bits per heavy atom. The standard InChI is InChI=1S/C11H14Br2N2O3/c1-17-3-2-15-10(16)6-18-11-8(12)4-7(14)5-9(11)13/h4-5H,2-3,6,14H2,1H3,(H,15,16). The van der Waals surface area contributed by atoms with Crippen LogP contribution in [0, 0.1) is 0 Å². The summed E-state index contributed by atoms with van der Waals surface area (Å²) in [5.41, 5.74) is 6.26. The highest BCUT2D eigenvalue weighted by Crippen LogP contribution is 2.35. The van der Waals surface area contributed by atoms with Crippen LogP contribution in [0.1, 0.15) is 0 Å². The van der Waals surface area contributed by atoms with Crippen LogP contribution in [0.2, 0.25) is 0 Å². The van der Waals surface area contributed by atoms with E-state index < -0.39 is 0 Å². The predicted octanol–water partition coefficient (Wildman–Crippen LogP) is 1.94. The molecule has 0 atom stereocenters. The molecule has 0 bridgehead atoms. The average Bonchev–Trinajstić information content (AvgIpc) is 2.27. The molecule has 1 aromatic carbocycles. The van der Waals surface area contributed by atoms with E-state index in [1.165, 1.54) is 0 Å². The van der Waals surface area contributed by atoms with Crippen LogP contribution in [0.15, 0.2) is 21.1 Å². The Bertz CT molecular complexity index is 404. The SMILES string of the molecule is COCCNC(=O)COc1c(Br)cc(N)cc1Br. The molecule has 0 aliphatic carbocycles. The van der Waals surface area contributed by atoms with Crippen LogP contribution in [0.4, 0.5) is 5.69 Å². The lowest BCUT2D eigenvalue weighted by atomic mass is 10.3. The first-order valence-electron chi connectivity index (χ1n) is 5.17. The van der Waals surface area contributed by atoms with Crippen LogP contribution in [-0.4, -0.2) is 32.8 Å². The smallest absolute Gasteiger partial charge is 0.258 e. The summed E-state index contributed by atoms with van der Waals surface area (Å²) in [5, 5.41) is 2.66. The Hall–Kier alpha value is -0.790. The Morgan fingerprint density at radius 1 is 1.39 bits per heavy atom. The highest BCUT2D eigenvalue weighted by Gasteiger charge is 2.10. The summed E-state index contributed by atoms with van der Waals surface area (Å²) in [6, 6.07) is 3.42. The third-order valence-corrected chi connectivity index (χ3v) is 3.17. The molecule has 0 spiro atoms. The topological polar surface area (TPSA) is 73.6 Å². The molecular weight excluding hydrogens is 368 g/mol. The maximum Gasteiger partial charge on any atom is 0.258 e. The van der Waals surface area contributed by atoms with Crippen molar-refractivity contribution < 1.29 is 14.3 Å². The number of ether oxygens (including phenoxy) is 2. The summed E-state index contributed by atoms with van der Waals surface area (Å²) in [6.07, 6.45) is 0. The quantitative estimate of drug-likeness (QED) is 0.583. The lowest BCUT2D eigenvalue weighted by Crippen LogP contribution is -2.31. The molecule has 0 aliphatic heterocycles. The first-order chi connectivity index (χ1) is 8.54. The molecule has 1 amide bonds. The number of nitrogen functional groups attached to an aromatic ring is 1. The van der Waals surface area contributed by atoms with Crippen molar-refractivity contribution in [3.63, 3.8) is 0 Å². The normalized spacial score (nSPS) is 10.2. The Kier molecular flexibility index (Phi) is 6.45. The van der Waals surface area contributed by atoms with E-state index in [-0.39, 0.29) is 12.5 Å². The third-order valence-electron chi connectivity index (χ3n) is 2.00. The first-order valence-corrected chi connectivity index (χ1v) is 6.76. The average molecular weight is 382 g/mol. The van der Waals surface area contributed by atoms with Crippen LogP contribution in [0.5, 0.6) is 5.75 Å². The second-order valence-corrected chi connectivity index (χ2v) is 5.15. The summed E-state index contributed by atoms with van der Waals surface area (Å²) in [5.74, 6) is 0.341. The van der Waals surface area contributed by atoms with Gasteiger partial charge in [-0.15, -0.1) is 0 Å². The summed E-state index contributed by atoms with van der Waals surface area (Å²) in [6.45, 7) is 0.870. The number of rotatable bonds is 6. The van der Waals surface area contributed by atoms with Crippen LogP contribution in [0.25, 0.3) is 0 Å². The molecule has 18 heavy (non-hydrogen) atoms. The fourth-order valence-electron chi connectivity index (χ4n) is 1.20. The third kappa shape index (κ3) is 4.83. The summed E-state index contributed by atoms with van der Waals surface area (Å²) < 4.78 is 11.6. The number of anilines is 1. The van der Waals surface area contributed by atoms with Gasteiger partial charge in [0, 0.05) is 19.3 Å². The van der Waals surface area contributed by atoms with E-state index in [4.69, 9.17) is 15.2 Å². The van der Waals surface area contributed by atoms with Gasteiger partial charge in [-0.05, 0) is 44.0 Å². The van der Waals surface area contributed by atoms with Gasteiger partial charge in [0.2, 0.25) is 0 Å². The monoisotopic (exact) mass is 380 g/mol. The highest BCUT2D eigenvalue weighted by molar-refractivity contribution is 9.11. The van der Waals surface area contributed by atoms with Gasteiger partial charge in [-0.2, -0.15) is 0 Å². The molecule has 7 heteroatoms. The lowest BCUT2D eigenvalue weighted by molar-refractivity contribution is -0.123. The van der Waals surface area contributed by atoms with Crippen molar-refractivity contribution in [2.45, 2.75) is 0 Å². The molecule has 0 fully saturated rings. The Labute approximate surface area is 122 Å². The van der Waals surface area contributed by atoms with Crippen LogP contribution < -0.4 is 15.8 Å². The van der Waals surface area contributed by atoms with Gasteiger partial charge >= 0.3 is 0 Å². The zero-order valence-corrected chi connectivity index (χ0v) is 13.0. The number of carbonyl (C=O) groups is 1. The van der Waals surface area contributed by atoms with Crippen LogP contribution in [-0.2, 0) is 9.53 Å². The molecule has 1 rings (SSSR count). The van der Waals surface area contributed by atoms with E-state index in [1.54, 1.807) is 19.2 Å². The molecule has 0 saturated heterocycles. The second kappa shape index (κ2) is 7.60. The van der Waals surface area contributed by atoms with Crippen molar-refractivity contribution in [3.8, 4) is 5.75 Å². The van der Waals surface area contributed by atoms with Gasteiger partial charge in [-0.25, -0.2) is 0 Å².